The molecule has 0 aliphatic heterocycles. The molecule has 0 spiro atoms. The monoisotopic (exact) mass is 480 g/mol. The average molecular weight is 481 g/mol. The van der Waals surface area contributed by atoms with E-state index in [0.717, 1.165) is 12.2 Å². The van der Waals surface area contributed by atoms with E-state index in [1.165, 1.54) is 12.1 Å². The van der Waals surface area contributed by atoms with Gasteiger partial charge in [-0.3, -0.25) is 10.1 Å². The maximum absolute atomic E-state index is 11.6. The van der Waals surface area contributed by atoms with Crippen LogP contribution in [0.3, 0.4) is 0 Å². The number of nitro groups is 1. The second kappa shape index (κ2) is 11.3. The second-order valence-electron chi connectivity index (χ2n) is 8.01. The number of aliphatic hydroxyl groups excluding tert-OH is 1. The van der Waals surface area contributed by atoms with Crippen LogP contribution in [0.25, 0.3) is 11.0 Å². The molecule has 11 nitrogen and oxygen atoms in total. The molecule has 1 heterocycles. The summed E-state index contributed by atoms with van der Waals surface area (Å²) in [7, 11) is 0. The molecule has 1 unspecified atom stereocenters. The highest BCUT2D eigenvalue weighted by molar-refractivity contribution is 5.86. The number of nitrogens with zero attached hydrogens (tertiary/aromatic N) is 6. The first-order chi connectivity index (χ1) is 16.7. The van der Waals surface area contributed by atoms with Crippen LogP contribution in [0, 0.1) is 10.1 Å². The molecule has 0 fully saturated rings. The van der Waals surface area contributed by atoms with Crippen molar-refractivity contribution in [2.75, 3.05) is 24.6 Å². The number of aliphatic hydroxyl groups is 1. The van der Waals surface area contributed by atoms with Crippen LogP contribution in [0.5, 0.6) is 0 Å². The Balaban J connectivity index is 1.77. The summed E-state index contributed by atoms with van der Waals surface area (Å²) in [6.45, 7) is 10.5. The topological polar surface area (TPSA) is 135 Å². The van der Waals surface area contributed by atoms with Crippen LogP contribution in [0.4, 0.5) is 23.0 Å². The summed E-state index contributed by atoms with van der Waals surface area (Å²) in [4.78, 5) is 28.6. The van der Waals surface area contributed by atoms with E-state index in [0.29, 0.717) is 28.8 Å². The van der Waals surface area contributed by atoms with Crippen LogP contribution < -0.4 is 4.90 Å². The van der Waals surface area contributed by atoms with E-state index in [-0.39, 0.29) is 24.8 Å². The average Bonchev–Trinajstić information content (AvgIpc) is 3.16. The van der Waals surface area contributed by atoms with E-state index < -0.39 is 17.0 Å². The largest absolute Gasteiger partial charge is 0.460 e. The van der Waals surface area contributed by atoms with E-state index >= 15 is 0 Å². The van der Waals surface area contributed by atoms with Crippen molar-refractivity contribution in [3.05, 3.63) is 64.7 Å². The quantitative estimate of drug-likeness (QED) is 0.138. The molecule has 1 aromatic heterocycles. The van der Waals surface area contributed by atoms with Gasteiger partial charge in [0.15, 0.2) is 0 Å². The molecule has 0 radical (unpaired) electrons. The van der Waals surface area contributed by atoms with E-state index in [4.69, 9.17) is 4.74 Å². The van der Waals surface area contributed by atoms with E-state index in [9.17, 15) is 20.0 Å². The normalized spacial score (nSPS) is 12.1. The Morgan fingerprint density at radius 3 is 2.60 bits per heavy atom. The molecular weight excluding hydrogens is 452 g/mol. The lowest BCUT2D eigenvalue weighted by molar-refractivity contribution is -0.384. The Bertz CT molecular complexity index is 1250. The zero-order valence-corrected chi connectivity index (χ0v) is 19.9. The standard InChI is InChI=1S/C24H28N6O5/c1-5-28(12-13-35-23(32)16(2)3)19-8-6-18(7-9-19)26-27-24-25-21-14-20(30(33)34)10-11-22(21)29(24)15-17(4)31/h6-11,14,17,31H,2,5,12-13,15H2,1,3-4H3. The molecule has 0 amide bonds. The Kier molecular flexibility index (Phi) is 8.26. The molecule has 0 bridgehead atoms. The van der Waals surface area contributed by atoms with Gasteiger partial charge < -0.3 is 19.3 Å². The molecule has 11 heteroatoms. The van der Waals surface area contributed by atoms with Crippen molar-refractivity contribution in [1.29, 1.82) is 0 Å². The molecule has 1 atom stereocenters. The van der Waals surface area contributed by atoms with Crippen LogP contribution in [-0.2, 0) is 16.1 Å². The van der Waals surface area contributed by atoms with Crippen LogP contribution in [0.2, 0.25) is 0 Å². The van der Waals surface area contributed by atoms with Gasteiger partial charge in [0.05, 0.1) is 40.8 Å². The summed E-state index contributed by atoms with van der Waals surface area (Å²) in [5.41, 5.74) is 2.82. The third kappa shape index (κ3) is 6.48. The number of nitro benzene ring substituents is 1. The minimum Gasteiger partial charge on any atom is -0.460 e. The number of non-ortho nitro benzene ring substituents is 1. The molecule has 0 saturated carbocycles. The van der Waals surface area contributed by atoms with Gasteiger partial charge in [-0.05, 0) is 51.1 Å². The number of hydrogen-bond acceptors (Lipinski definition) is 9. The zero-order valence-electron chi connectivity index (χ0n) is 19.9. The number of carbonyl (C=O) groups is 1. The first kappa shape index (κ1) is 25.5. The second-order valence-corrected chi connectivity index (χ2v) is 8.01. The number of likely N-dealkylation sites (N-methyl/N-ethyl adjacent to an activating group) is 1. The molecule has 35 heavy (non-hydrogen) atoms. The predicted molar refractivity (Wildman–Crippen MR) is 132 cm³/mol. The fourth-order valence-corrected chi connectivity index (χ4v) is 3.41. The lowest BCUT2D eigenvalue weighted by atomic mass is 10.2. The van der Waals surface area contributed by atoms with E-state index in [2.05, 4.69) is 26.7 Å². The number of imidazole rings is 1. The SMILES string of the molecule is C=C(C)C(=O)OCCN(CC)c1ccc(N=Nc2nc3cc([N+](=O)[O-])ccc3n2CC(C)O)cc1. The number of benzene rings is 2. The number of anilines is 1. The Morgan fingerprint density at radius 2 is 2.00 bits per heavy atom. The van der Waals surface area contributed by atoms with Gasteiger partial charge in [-0.1, -0.05) is 6.58 Å². The van der Waals surface area contributed by atoms with Gasteiger partial charge in [-0.25, -0.2) is 9.78 Å². The van der Waals surface area contributed by atoms with Crippen molar-refractivity contribution in [1.82, 2.24) is 9.55 Å². The van der Waals surface area contributed by atoms with Crippen LogP contribution in [-0.4, -0.2) is 51.4 Å². The summed E-state index contributed by atoms with van der Waals surface area (Å²) in [6, 6.07) is 11.7. The number of rotatable bonds is 11. The third-order valence-electron chi connectivity index (χ3n) is 5.16. The Hall–Kier alpha value is -4.12. The maximum atomic E-state index is 11.6. The molecule has 3 aromatic rings. The first-order valence-electron chi connectivity index (χ1n) is 11.1. The van der Waals surface area contributed by atoms with Crippen molar-refractivity contribution in [2.45, 2.75) is 33.4 Å². The smallest absolute Gasteiger partial charge is 0.333 e. The molecule has 0 aliphatic carbocycles. The van der Waals surface area contributed by atoms with Crippen molar-refractivity contribution >= 4 is 40.0 Å². The van der Waals surface area contributed by atoms with Gasteiger partial charge in [0.1, 0.15) is 6.61 Å². The molecular formula is C24H28N6O5. The lowest BCUT2D eigenvalue weighted by Gasteiger charge is -2.22. The fraction of sp³-hybridized carbons (Fsp3) is 0.333. The number of ether oxygens (including phenoxy) is 1. The highest BCUT2D eigenvalue weighted by Gasteiger charge is 2.16. The molecule has 3 rings (SSSR count). The molecule has 0 saturated heterocycles. The Labute approximate surface area is 202 Å². The van der Waals surface area contributed by atoms with Gasteiger partial charge in [0.2, 0.25) is 0 Å². The number of carbonyl (C=O) groups excluding carboxylic acids is 1. The van der Waals surface area contributed by atoms with Crippen molar-refractivity contribution in [2.24, 2.45) is 10.2 Å². The molecule has 1 N–H and O–H groups in total. The third-order valence-corrected chi connectivity index (χ3v) is 5.16. The minimum absolute atomic E-state index is 0.0758. The summed E-state index contributed by atoms with van der Waals surface area (Å²) in [5, 5.41) is 29.5. The highest BCUT2D eigenvalue weighted by atomic mass is 16.6. The van der Waals surface area contributed by atoms with Crippen molar-refractivity contribution < 1.29 is 19.6 Å². The molecule has 184 valence electrons. The predicted octanol–water partition coefficient (Wildman–Crippen LogP) is 4.69. The molecule has 2 aromatic carbocycles. The van der Waals surface area contributed by atoms with E-state index in [1.807, 2.05) is 19.1 Å². The van der Waals surface area contributed by atoms with Gasteiger partial charge in [0.25, 0.3) is 11.6 Å². The highest BCUT2D eigenvalue weighted by Crippen LogP contribution is 2.28. The number of aromatic nitrogens is 2. The zero-order chi connectivity index (χ0) is 25.5. The number of esters is 1. The fourth-order valence-electron chi connectivity index (χ4n) is 3.41. The van der Waals surface area contributed by atoms with Gasteiger partial charge in [0, 0.05) is 29.9 Å². The minimum atomic E-state index is -0.675. The van der Waals surface area contributed by atoms with Crippen LogP contribution >= 0.6 is 0 Å². The van der Waals surface area contributed by atoms with Crippen molar-refractivity contribution in [3.63, 3.8) is 0 Å². The number of azo groups is 1. The first-order valence-corrected chi connectivity index (χ1v) is 11.1. The van der Waals surface area contributed by atoms with Crippen molar-refractivity contribution in [3.8, 4) is 0 Å². The van der Waals surface area contributed by atoms with Gasteiger partial charge in [-0.2, -0.15) is 0 Å². The van der Waals surface area contributed by atoms with Gasteiger partial charge >= 0.3 is 5.97 Å². The van der Waals surface area contributed by atoms with Crippen LogP contribution in [0.1, 0.15) is 20.8 Å². The number of hydrogen-bond donors (Lipinski definition) is 1. The van der Waals surface area contributed by atoms with Crippen LogP contribution in [0.15, 0.2) is 64.8 Å². The Morgan fingerprint density at radius 1 is 1.29 bits per heavy atom. The van der Waals surface area contributed by atoms with Gasteiger partial charge in [-0.15, -0.1) is 10.2 Å². The molecule has 0 aliphatic rings. The summed E-state index contributed by atoms with van der Waals surface area (Å²) >= 11 is 0. The van der Waals surface area contributed by atoms with E-state index in [1.54, 1.807) is 36.6 Å². The summed E-state index contributed by atoms with van der Waals surface area (Å²) in [6.07, 6.45) is -0.675. The number of fused-ring (bicyclic) bond motifs is 1. The summed E-state index contributed by atoms with van der Waals surface area (Å²) in [5.74, 6) is -0.173. The summed E-state index contributed by atoms with van der Waals surface area (Å²) < 4.78 is 6.85. The lowest BCUT2D eigenvalue weighted by Crippen LogP contribution is -2.28. The maximum Gasteiger partial charge on any atom is 0.333 e.